The van der Waals surface area contributed by atoms with Crippen molar-refractivity contribution in [1.29, 1.82) is 0 Å². The molecule has 2 nitrogen and oxygen atoms in total. The molecule has 1 aliphatic rings. The first kappa shape index (κ1) is 15.9. The number of anilines is 1. The third-order valence-corrected chi connectivity index (χ3v) is 5.61. The lowest BCUT2D eigenvalue weighted by Gasteiger charge is -2.28. The highest BCUT2D eigenvalue weighted by atomic mass is 79.9. The minimum atomic E-state index is -0.0978. The number of fused-ring (bicyclic) bond motifs is 3. The number of amides is 1. The van der Waals surface area contributed by atoms with Gasteiger partial charge in [0.05, 0.1) is 5.69 Å². The number of rotatable bonds is 1. The van der Waals surface area contributed by atoms with Gasteiger partial charge in [-0.1, -0.05) is 69.5 Å². The molecule has 120 valence electrons. The largest absolute Gasteiger partial charge is 0.325 e. The highest BCUT2D eigenvalue weighted by Crippen LogP contribution is 2.45. The van der Waals surface area contributed by atoms with Gasteiger partial charge in [0.15, 0.2) is 0 Å². The fourth-order valence-electron chi connectivity index (χ4n) is 3.31. The van der Waals surface area contributed by atoms with E-state index in [2.05, 4.69) is 27.3 Å². The second kappa shape index (κ2) is 6.07. The number of benzene rings is 3. The molecule has 0 fully saturated rings. The Morgan fingerprint density at radius 2 is 1.75 bits per heavy atom. The summed E-state index contributed by atoms with van der Waals surface area (Å²) in [5, 5.41) is 6.29. The second-order valence-corrected chi connectivity index (χ2v) is 7.54. The quantitative estimate of drug-likeness (QED) is 0.485. The molecule has 1 atom stereocenters. The molecule has 0 aromatic heterocycles. The minimum absolute atomic E-state index is 0.00834. The number of carbonyl (C=O) groups excluding carboxylic acids is 1. The Hall–Kier alpha value is -1.55. The molecule has 4 rings (SSSR count). The van der Waals surface area contributed by atoms with E-state index in [0.29, 0.717) is 16.5 Å². The predicted molar refractivity (Wildman–Crippen MR) is 103 cm³/mol. The van der Waals surface area contributed by atoms with Crippen LogP contribution in [-0.4, -0.2) is 5.91 Å². The van der Waals surface area contributed by atoms with Crippen molar-refractivity contribution in [3.63, 3.8) is 0 Å². The Kier molecular flexibility index (Phi) is 4.03. The number of hydrogen-bond acceptors (Lipinski definition) is 1. The van der Waals surface area contributed by atoms with Crippen molar-refractivity contribution in [3.8, 4) is 0 Å². The smallest absolute Gasteiger partial charge is 0.225 e. The highest BCUT2D eigenvalue weighted by molar-refractivity contribution is 9.10. The lowest BCUT2D eigenvalue weighted by molar-refractivity contribution is -0.116. The standard InChI is InChI=1S/C19H12BrCl2NO/c20-16-8-15-14(12-6-5-10(21)7-17(12)22)9-18(24)23-19(15)13-4-2-1-3-11(13)16/h1-8,14H,9H2,(H,23,24)/t14-/m1/s1. The van der Waals surface area contributed by atoms with Gasteiger partial charge in [0, 0.05) is 32.2 Å². The zero-order valence-corrected chi connectivity index (χ0v) is 15.5. The average molecular weight is 421 g/mol. The Balaban J connectivity index is 1.99. The van der Waals surface area contributed by atoms with Gasteiger partial charge >= 0.3 is 0 Å². The van der Waals surface area contributed by atoms with E-state index in [1.807, 2.05) is 36.4 Å². The van der Waals surface area contributed by atoms with Crippen LogP contribution in [0.2, 0.25) is 10.0 Å². The number of nitrogens with one attached hydrogen (secondary N) is 1. The van der Waals surface area contributed by atoms with Gasteiger partial charge in [-0.3, -0.25) is 4.79 Å². The molecule has 1 heterocycles. The first-order valence-electron chi connectivity index (χ1n) is 7.50. The van der Waals surface area contributed by atoms with Crippen LogP contribution >= 0.6 is 39.1 Å². The zero-order chi connectivity index (χ0) is 16.8. The molecule has 0 unspecified atom stereocenters. The summed E-state index contributed by atoms with van der Waals surface area (Å²) in [6.45, 7) is 0. The van der Waals surface area contributed by atoms with Gasteiger partial charge < -0.3 is 5.32 Å². The Bertz CT molecular complexity index is 987. The monoisotopic (exact) mass is 419 g/mol. The van der Waals surface area contributed by atoms with Crippen LogP contribution in [-0.2, 0) is 4.79 Å². The maximum absolute atomic E-state index is 12.3. The fourth-order valence-corrected chi connectivity index (χ4v) is 4.45. The van der Waals surface area contributed by atoms with E-state index in [-0.39, 0.29) is 11.8 Å². The van der Waals surface area contributed by atoms with Crippen LogP contribution in [0.4, 0.5) is 5.69 Å². The molecule has 1 amide bonds. The molecule has 1 N–H and O–H groups in total. The Morgan fingerprint density at radius 1 is 1.00 bits per heavy atom. The fraction of sp³-hybridized carbons (Fsp3) is 0.105. The normalized spacial score (nSPS) is 16.8. The Morgan fingerprint density at radius 3 is 2.50 bits per heavy atom. The van der Waals surface area contributed by atoms with Crippen LogP contribution in [0.15, 0.2) is 53.0 Å². The first-order chi connectivity index (χ1) is 11.5. The van der Waals surface area contributed by atoms with Crippen molar-refractivity contribution in [3.05, 3.63) is 74.2 Å². The number of carbonyl (C=O) groups is 1. The predicted octanol–water partition coefficient (Wildman–Crippen LogP) is 6.38. The summed E-state index contributed by atoms with van der Waals surface area (Å²) in [6.07, 6.45) is 0.360. The SMILES string of the molecule is O=C1C[C@H](c2ccc(Cl)cc2Cl)c2cc(Br)c3ccccc3c2N1. The van der Waals surface area contributed by atoms with E-state index < -0.39 is 0 Å². The zero-order valence-electron chi connectivity index (χ0n) is 12.4. The highest BCUT2D eigenvalue weighted by Gasteiger charge is 2.29. The van der Waals surface area contributed by atoms with Crippen LogP contribution in [0, 0.1) is 0 Å². The summed E-state index contributed by atoms with van der Waals surface area (Å²) < 4.78 is 1.00. The molecule has 5 heteroatoms. The lowest BCUT2D eigenvalue weighted by Crippen LogP contribution is -2.24. The molecule has 0 spiro atoms. The molecule has 0 aliphatic carbocycles. The first-order valence-corrected chi connectivity index (χ1v) is 9.05. The minimum Gasteiger partial charge on any atom is -0.325 e. The van der Waals surface area contributed by atoms with Gasteiger partial charge in [0.2, 0.25) is 5.91 Å². The number of hydrogen-bond donors (Lipinski definition) is 1. The third kappa shape index (κ3) is 2.61. The van der Waals surface area contributed by atoms with E-state index in [0.717, 1.165) is 32.1 Å². The van der Waals surface area contributed by atoms with Gasteiger partial charge in [0.25, 0.3) is 0 Å². The lowest BCUT2D eigenvalue weighted by atomic mass is 9.83. The van der Waals surface area contributed by atoms with E-state index in [1.54, 1.807) is 6.07 Å². The number of halogens is 3. The molecule has 1 aliphatic heterocycles. The summed E-state index contributed by atoms with van der Waals surface area (Å²) in [4.78, 5) is 12.3. The van der Waals surface area contributed by atoms with Gasteiger partial charge in [-0.05, 0) is 34.7 Å². The van der Waals surface area contributed by atoms with Crippen LogP contribution in [0.1, 0.15) is 23.5 Å². The van der Waals surface area contributed by atoms with Gasteiger partial charge in [-0.15, -0.1) is 0 Å². The van der Waals surface area contributed by atoms with E-state index in [1.165, 1.54) is 0 Å². The summed E-state index contributed by atoms with van der Waals surface area (Å²) >= 11 is 16.1. The van der Waals surface area contributed by atoms with Crippen molar-refractivity contribution < 1.29 is 4.79 Å². The maximum atomic E-state index is 12.3. The maximum Gasteiger partial charge on any atom is 0.225 e. The molecule has 0 saturated heterocycles. The molecule has 0 saturated carbocycles. The van der Waals surface area contributed by atoms with Crippen molar-refractivity contribution >= 4 is 61.5 Å². The molecule has 24 heavy (non-hydrogen) atoms. The van der Waals surface area contributed by atoms with Crippen molar-refractivity contribution in [2.24, 2.45) is 0 Å². The van der Waals surface area contributed by atoms with Crippen LogP contribution in [0.25, 0.3) is 10.8 Å². The van der Waals surface area contributed by atoms with Gasteiger partial charge in [-0.25, -0.2) is 0 Å². The summed E-state index contributed by atoms with van der Waals surface area (Å²) in [5.41, 5.74) is 2.84. The van der Waals surface area contributed by atoms with Crippen molar-refractivity contribution in [2.75, 3.05) is 5.32 Å². The summed E-state index contributed by atoms with van der Waals surface area (Å²) in [6, 6.07) is 15.5. The second-order valence-electron chi connectivity index (χ2n) is 5.84. The third-order valence-electron chi connectivity index (χ3n) is 4.39. The van der Waals surface area contributed by atoms with Gasteiger partial charge in [-0.2, -0.15) is 0 Å². The van der Waals surface area contributed by atoms with Crippen LogP contribution in [0.5, 0.6) is 0 Å². The Labute approximate surface area is 157 Å². The molecule has 3 aromatic carbocycles. The van der Waals surface area contributed by atoms with E-state index in [4.69, 9.17) is 23.2 Å². The summed E-state index contributed by atoms with van der Waals surface area (Å²) in [7, 11) is 0. The van der Waals surface area contributed by atoms with Crippen molar-refractivity contribution in [1.82, 2.24) is 0 Å². The summed E-state index contributed by atoms with van der Waals surface area (Å²) in [5.74, 6) is -0.106. The molecule has 0 radical (unpaired) electrons. The average Bonchev–Trinajstić information content (AvgIpc) is 2.56. The molecular weight excluding hydrogens is 409 g/mol. The van der Waals surface area contributed by atoms with E-state index >= 15 is 0 Å². The van der Waals surface area contributed by atoms with Crippen LogP contribution < -0.4 is 5.32 Å². The van der Waals surface area contributed by atoms with E-state index in [9.17, 15) is 4.79 Å². The molecule has 3 aromatic rings. The molecular formula is C19H12BrCl2NO. The van der Waals surface area contributed by atoms with Gasteiger partial charge in [0.1, 0.15) is 0 Å². The topological polar surface area (TPSA) is 29.1 Å². The molecule has 0 bridgehead atoms. The van der Waals surface area contributed by atoms with Crippen LogP contribution in [0.3, 0.4) is 0 Å². The van der Waals surface area contributed by atoms with Crippen molar-refractivity contribution in [2.45, 2.75) is 12.3 Å².